The van der Waals surface area contributed by atoms with Gasteiger partial charge in [0.15, 0.2) is 0 Å². The van der Waals surface area contributed by atoms with Crippen molar-refractivity contribution < 1.29 is 5.11 Å². The van der Waals surface area contributed by atoms with Crippen LogP contribution in [0.4, 0.5) is 0 Å². The maximum Gasteiger partial charge on any atom is 0.123 e. The monoisotopic (exact) mass is 539 g/mol. The van der Waals surface area contributed by atoms with Gasteiger partial charge in [0.25, 0.3) is 0 Å². The van der Waals surface area contributed by atoms with Gasteiger partial charge in [-0.25, -0.2) is 0 Å². The largest absolute Gasteiger partial charge is 0.507 e. The lowest BCUT2D eigenvalue weighted by Crippen LogP contribution is -2.32. The van der Waals surface area contributed by atoms with Crippen LogP contribution in [0.3, 0.4) is 0 Å². The zero-order chi connectivity index (χ0) is 24.7. The van der Waals surface area contributed by atoms with Gasteiger partial charge in [-0.15, -0.1) is 11.3 Å². The molecule has 0 aliphatic carbocycles. The molecule has 0 atom stereocenters. The van der Waals surface area contributed by atoms with Crippen LogP contribution in [-0.4, -0.2) is 23.1 Å². The topological polar surface area (TPSA) is 23.5 Å². The molecule has 4 heteroatoms. The minimum atomic E-state index is -0.0891. The lowest BCUT2D eigenvalue weighted by Gasteiger charge is -2.33. The van der Waals surface area contributed by atoms with Crippen LogP contribution < -0.4 is 0 Å². The highest BCUT2D eigenvalue weighted by atomic mass is 79.9. The summed E-state index contributed by atoms with van der Waals surface area (Å²) in [4.78, 5) is 4.00. The Bertz CT molecular complexity index is 1110. The van der Waals surface area contributed by atoms with Crippen LogP contribution in [0.25, 0.3) is 10.4 Å². The van der Waals surface area contributed by atoms with E-state index in [0.717, 1.165) is 30.8 Å². The number of thiophene rings is 1. The molecule has 0 amide bonds. The first-order chi connectivity index (χ1) is 15.9. The Morgan fingerprint density at radius 2 is 1.53 bits per heavy atom. The van der Waals surface area contributed by atoms with Crippen LogP contribution >= 0.6 is 27.3 Å². The summed E-state index contributed by atoms with van der Waals surface area (Å²) in [7, 11) is 0. The first kappa shape index (κ1) is 25.5. The number of rotatable bonds is 4. The highest BCUT2D eigenvalue weighted by Gasteiger charge is 2.28. The summed E-state index contributed by atoms with van der Waals surface area (Å²) in [5.74, 6) is 1.08. The van der Waals surface area contributed by atoms with E-state index in [1.807, 2.05) is 11.3 Å². The van der Waals surface area contributed by atoms with E-state index in [1.54, 1.807) is 0 Å². The number of halogens is 1. The summed E-state index contributed by atoms with van der Waals surface area (Å²) in [6.07, 6.45) is 2.37. The van der Waals surface area contributed by atoms with Crippen LogP contribution in [0.2, 0.25) is 0 Å². The van der Waals surface area contributed by atoms with Gasteiger partial charge in [-0.2, -0.15) is 0 Å². The number of phenolic OH excluding ortho intramolecular Hbond substituents is 1. The average molecular weight is 541 g/mol. The number of aromatic hydroxyl groups is 1. The number of likely N-dealkylation sites (tertiary alicyclic amines) is 1. The van der Waals surface area contributed by atoms with E-state index in [0.29, 0.717) is 11.7 Å². The van der Waals surface area contributed by atoms with Crippen molar-refractivity contribution in [3.05, 3.63) is 74.6 Å². The van der Waals surface area contributed by atoms with Crippen molar-refractivity contribution >= 4 is 27.3 Å². The van der Waals surface area contributed by atoms with Gasteiger partial charge < -0.3 is 5.11 Å². The van der Waals surface area contributed by atoms with Gasteiger partial charge in [0.1, 0.15) is 5.75 Å². The van der Waals surface area contributed by atoms with Crippen molar-refractivity contribution in [1.82, 2.24) is 4.90 Å². The summed E-state index contributed by atoms with van der Waals surface area (Å²) in [6.45, 7) is 16.3. The maximum absolute atomic E-state index is 11.1. The lowest BCUT2D eigenvalue weighted by molar-refractivity contribution is 0.204. The van der Waals surface area contributed by atoms with Crippen molar-refractivity contribution in [2.45, 2.75) is 77.7 Å². The summed E-state index contributed by atoms with van der Waals surface area (Å²) in [5, 5.41) is 13.3. The Morgan fingerprint density at radius 1 is 0.941 bits per heavy atom. The molecule has 2 aromatic carbocycles. The van der Waals surface area contributed by atoms with Gasteiger partial charge in [-0.1, -0.05) is 87.8 Å². The first-order valence-corrected chi connectivity index (χ1v) is 14.0. The number of phenols is 1. The van der Waals surface area contributed by atoms with E-state index in [2.05, 4.69) is 110 Å². The third-order valence-corrected chi connectivity index (χ3v) is 8.69. The van der Waals surface area contributed by atoms with Crippen LogP contribution in [-0.2, 0) is 17.4 Å². The van der Waals surface area contributed by atoms with E-state index in [9.17, 15) is 5.11 Å². The van der Waals surface area contributed by atoms with Crippen molar-refractivity contribution in [1.29, 1.82) is 0 Å². The zero-order valence-electron chi connectivity index (χ0n) is 21.4. The number of hydrogen-bond acceptors (Lipinski definition) is 3. The zero-order valence-corrected chi connectivity index (χ0v) is 23.8. The molecule has 4 rings (SSSR count). The quantitative estimate of drug-likeness (QED) is 0.357. The van der Waals surface area contributed by atoms with E-state index < -0.39 is 0 Å². The number of nitrogens with zero attached hydrogens (tertiary/aromatic N) is 1. The third kappa shape index (κ3) is 5.45. The van der Waals surface area contributed by atoms with E-state index in [1.165, 1.54) is 38.9 Å². The fraction of sp³-hybridized carbons (Fsp3) is 0.467. The predicted molar refractivity (Wildman–Crippen MR) is 150 cm³/mol. The van der Waals surface area contributed by atoms with E-state index in [4.69, 9.17) is 0 Å². The summed E-state index contributed by atoms with van der Waals surface area (Å²) < 4.78 is 1.17. The lowest BCUT2D eigenvalue weighted by atomic mass is 9.78. The molecule has 0 spiro atoms. The fourth-order valence-electron chi connectivity index (χ4n) is 5.09. The molecule has 2 heterocycles. The molecule has 3 aromatic rings. The Hall–Kier alpha value is -1.62. The summed E-state index contributed by atoms with van der Waals surface area (Å²) in [6, 6.07) is 15.4. The van der Waals surface area contributed by atoms with Gasteiger partial charge in [0, 0.05) is 21.5 Å². The van der Waals surface area contributed by atoms with Gasteiger partial charge >= 0.3 is 0 Å². The SMILES string of the molecule is CC(C)(C)c1cc(CN2CCC(c3ccsc3-c3ccccc3Br)CC2)cc(C(C)(C)C)c1O. The smallest absolute Gasteiger partial charge is 0.123 e. The second-order valence-corrected chi connectivity index (χ2v) is 13.5. The normalized spacial score (nSPS) is 16.2. The minimum Gasteiger partial charge on any atom is -0.507 e. The van der Waals surface area contributed by atoms with Crippen molar-refractivity contribution in [3.8, 4) is 16.2 Å². The van der Waals surface area contributed by atoms with Gasteiger partial charge in [0.2, 0.25) is 0 Å². The molecule has 34 heavy (non-hydrogen) atoms. The minimum absolute atomic E-state index is 0.0891. The Morgan fingerprint density at radius 3 is 2.09 bits per heavy atom. The molecule has 2 nitrogen and oxygen atoms in total. The molecular formula is C30H38BrNOS. The Balaban J connectivity index is 1.51. The molecule has 1 aliphatic heterocycles. The molecule has 1 N–H and O–H groups in total. The Kier molecular flexibility index (Phi) is 7.34. The van der Waals surface area contributed by atoms with Crippen LogP contribution in [0.1, 0.15) is 82.6 Å². The molecule has 0 radical (unpaired) electrons. The van der Waals surface area contributed by atoms with Gasteiger partial charge in [-0.3, -0.25) is 4.90 Å². The van der Waals surface area contributed by atoms with E-state index >= 15 is 0 Å². The van der Waals surface area contributed by atoms with Crippen molar-refractivity contribution in [2.75, 3.05) is 13.1 Å². The van der Waals surface area contributed by atoms with Crippen molar-refractivity contribution in [2.24, 2.45) is 0 Å². The molecule has 1 aromatic heterocycles. The fourth-order valence-corrected chi connectivity index (χ4v) is 6.73. The van der Waals surface area contributed by atoms with Gasteiger partial charge in [-0.05, 0) is 82.4 Å². The number of hydrogen-bond donors (Lipinski definition) is 1. The second kappa shape index (κ2) is 9.79. The maximum atomic E-state index is 11.1. The molecule has 0 saturated carbocycles. The third-order valence-electron chi connectivity index (χ3n) is 7.03. The molecule has 1 saturated heterocycles. The van der Waals surface area contributed by atoms with Crippen LogP contribution in [0.15, 0.2) is 52.3 Å². The second-order valence-electron chi connectivity index (χ2n) is 11.8. The predicted octanol–water partition coefficient (Wildman–Crippen LogP) is 8.86. The first-order valence-electron chi connectivity index (χ1n) is 12.4. The molecule has 0 bridgehead atoms. The molecule has 182 valence electrons. The van der Waals surface area contributed by atoms with E-state index in [-0.39, 0.29) is 10.8 Å². The molecule has 0 unspecified atom stereocenters. The number of piperidine rings is 1. The molecule has 1 fully saturated rings. The van der Waals surface area contributed by atoms with Crippen LogP contribution in [0, 0.1) is 0 Å². The summed E-state index contributed by atoms with van der Waals surface area (Å²) in [5.41, 5.74) is 6.06. The van der Waals surface area contributed by atoms with Crippen molar-refractivity contribution in [3.63, 3.8) is 0 Å². The van der Waals surface area contributed by atoms with Gasteiger partial charge in [0.05, 0.1) is 0 Å². The molecular weight excluding hydrogens is 502 g/mol. The highest BCUT2D eigenvalue weighted by molar-refractivity contribution is 9.10. The number of benzene rings is 2. The average Bonchev–Trinajstić information content (AvgIpc) is 3.24. The standard InChI is InChI=1S/C30H38BrNOS/c1-29(2,3)24-17-20(18-25(27(24)33)30(4,5)6)19-32-14-11-21(12-15-32)22-13-16-34-28(22)23-9-7-8-10-26(23)31/h7-10,13,16-18,21,33H,11-12,14-15,19H2,1-6H3. The Labute approximate surface area is 218 Å². The van der Waals surface area contributed by atoms with Crippen LogP contribution in [0.5, 0.6) is 5.75 Å². The highest BCUT2D eigenvalue weighted by Crippen LogP contribution is 2.42. The molecule has 1 aliphatic rings. The summed E-state index contributed by atoms with van der Waals surface area (Å²) >= 11 is 5.60.